The first-order valence-electron chi connectivity index (χ1n) is 8.83. The zero-order valence-electron chi connectivity index (χ0n) is 15.0. The van der Waals surface area contributed by atoms with E-state index in [0.29, 0.717) is 11.5 Å². The summed E-state index contributed by atoms with van der Waals surface area (Å²) in [5.74, 6) is 1.44. The number of nitrogen functional groups attached to an aromatic ring is 1. The van der Waals surface area contributed by atoms with Crippen molar-refractivity contribution < 1.29 is 0 Å². The normalized spacial score (nSPS) is 10.6. The molecule has 5 heteroatoms. The molecule has 130 valence electrons. The van der Waals surface area contributed by atoms with Gasteiger partial charge in [0.2, 0.25) is 0 Å². The molecule has 0 atom stereocenters. The summed E-state index contributed by atoms with van der Waals surface area (Å²) in [4.78, 5) is 10.7. The summed E-state index contributed by atoms with van der Waals surface area (Å²) in [6, 6.07) is 8.47. The average Bonchev–Trinajstić information content (AvgIpc) is 2.61. The van der Waals surface area contributed by atoms with Gasteiger partial charge < -0.3 is 16.0 Å². The number of rotatable bonds is 9. The molecule has 0 saturated carbocycles. The molecule has 1 heterocycles. The molecule has 0 aliphatic carbocycles. The Balaban J connectivity index is 2.09. The number of hydrogen-bond donors (Lipinski definition) is 2. The van der Waals surface area contributed by atoms with Crippen LogP contribution in [0.1, 0.15) is 45.1 Å². The summed E-state index contributed by atoms with van der Waals surface area (Å²) in [6.07, 6.45) is 7.38. The second-order valence-corrected chi connectivity index (χ2v) is 6.16. The molecule has 0 amide bonds. The van der Waals surface area contributed by atoms with Crippen molar-refractivity contribution in [3.8, 4) is 0 Å². The summed E-state index contributed by atoms with van der Waals surface area (Å²) in [5.41, 5.74) is 9.21. The van der Waals surface area contributed by atoms with E-state index in [-0.39, 0.29) is 0 Å². The Hall–Kier alpha value is -2.30. The van der Waals surface area contributed by atoms with Gasteiger partial charge in [0.15, 0.2) is 11.6 Å². The number of aromatic nitrogens is 2. The molecule has 24 heavy (non-hydrogen) atoms. The Labute approximate surface area is 145 Å². The lowest BCUT2D eigenvalue weighted by molar-refractivity contribution is 0.759. The molecule has 3 N–H and O–H groups in total. The molecule has 0 unspecified atom stereocenters. The largest absolute Gasteiger partial charge is 0.393 e. The minimum absolute atomic E-state index is 0.589. The van der Waals surface area contributed by atoms with Crippen LogP contribution in [0.25, 0.3) is 0 Å². The van der Waals surface area contributed by atoms with Gasteiger partial charge in [0.25, 0.3) is 0 Å². The van der Waals surface area contributed by atoms with Crippen molar-refractivity contribution in [3.05, 3.63) is 36.2 Å². The molecule has 1 aromatic heterocycles. The van der Waals surface area contributed by atoms with Gasteiger partial charge in [0.1, 0.15) is 12.0 Å². The highest BCUT2D eigenvalue weighted by Crippen LogP contribution is 2.28. The number of anilines is 4. The number of benzene rings is 1. The van der Waals surface area contributed by atoms with E-state index in [9.17, 15) is 0 Å². The zero-order chi connectivity index (χ0) is 17.4. The van der Waals surface area contributed by atoms with Crippen LogP contribution >= 0.6 is 0 Å². The molecule has 2 rings (SSSR count). The Morgan fingerprint density at radius 1 is 1.04 bits per heavy atom. The Morgan fingerprint density at radius 2 is 1.75 bits per heavy atom. The van der Waals surface area contributed by atoms with E-state index in [4.69, 9.17) is 5.73 Å². The monoisotopic (exact) mass is 327 g/mol. The third kappa shape index (κ3) is 4.85. The van der Waals surface area contributed by atoms with Crippen molar-refractivity contribution in [2.75, 3.05) is 29.5 Å². The lowest BCUT2D eigenvalue weighted by Gasteiger charge is -2.20. The molecular weight excluding hydrogens is 298 g/mol. The van der Waals surface area contributed by atoms with Gasteiger partial charge in [-0.2, -0.15) is 0 Å². The highest BCUT2D eigenvalue weighted by Gasteiger charge is 2.12. The van der Waals surface area contributed by atoms with E-state index in [0.717, 1.165) is 37.3 Å². The van der Waals surface area contributed by atoms with Gasteiger partial charge in [-0.25, -0.2) is 9.97 Å². The minimum atomic E-state index is 0.589. The van der Waals surface area contributed by atoms with Gasteiger partial charge >= 0.3 is 0 Å². The van der Waals surface area contributed by atoms with Gasteiger partial charge in [0.05, 0.1) is 0 Å². The SMILES string of the molecule is CCCCc1ccc(Nc2ncnc(N(C)CCCC)c2N)cc1. The number of nitrogens with two attached hydrogens (primary N) is 1. The zero-order valence-corrected chi connectivity index (χ0v) is 15.0. The molecule has 5 nitrogen and oxygen atoms in total. The molecule has 0 radical (unpaired) electrons. The van der Waals surface area contributed by atoms with Crippen LogP contribution in [0.5, 0.6) is 0 Å². The average molecular weight is 327 g/mol. The lowest BCUT2D eigenvalue weighted by Crippen LogP contribution is -2.21. The Kier molecular flexibility index (Phi) is 6.85. The van der Waals surface area contributed by atoms with Crippen LogP contribution in [-0.2, 0) is 6.42 Å². The van der Waals surface area contributed by atoms with Crippen LogP contribution in [0.4, 0.5) is 23.0 Å². The highest BCUT2D eigenvalue weighted by molar-refractivity contribution is 5.78. The fraction of sp³-hybridized carbons (Fsp3) is 0.474. The Bertz CT molecular complexity index is 624. The van der Waals surface area contributed by atoms with E-state index in [1.165, 1.54) is 18.4 Å². The summed E-state index contributed by atoms with van der Waals surface area (Å²) < 4.78 is 0. The topological polar surface area (TPSA) is 67.1 Å². The molecule has 2 aromatic rings. The number of unbranched alkanes of at least 4 members (excludes halogenated alkanes) is 2. The van der Waals surface area contributed by atoms with E-state index in [2.05, 4.69) is 58.3 Å². The number of nitrogens with zero attached hydrogens (tertiary/aromatic N) is 3. The van der Waals surface area contributed by atoms with Crippen molar-refractivity contribution in [2.45, 2.75) is 46.0 Å². The Morgan fingerprint density at radius 3 is 2.42 bits per heavy atom. The summed E-state index contributed by atoms with van der Waals surface area (Å²) in [7, 11) is 2.01. The van der Waals surface area contributed by atoms with Gasteiger partial charge in [0, 0.05) is 19.3 Å². The molecule has 0 aliphatic rings. The van der Waals surface area contributed by atoms with Crippen molar-refractivity contribution >= 4 is 23.0 Å². The van der Waals surface area contributed by atoms with Crippen LogP contribution in [-0.4, -0.2) is 23.6 Å². The smallest absolute Gasteiger partial charge is 0.159 e. The predicted octanol–water partition coefficient (Wildman–Crippen LogP) is 4.38. The van der Waals surface area contributed by atoms with Crippen molar-refractivity contribution in [3.63, 3.8) is 0 Å². The lowest BCUT2D eigenvalue weighted by atomic mass is 10.1. The first kappa shape index (κ1) is 18.0. The summed E-state index contributed by atoms with van der Waals surface area (Å²) in [5, 5.41) is 3.30. The summed E-state index contributed by atoms with van der Waals surface area (Å²) in [6.45, 7) is 5.32. The molecule has 0 spiro atoms. The van der Waals surface area contributed by atoms with Crippen molar-refractivity contribution in [2.24, 2.45) is 0 Å². The van der Waals surface area contributed by atoms with E-state index < -0.39 is 0 Å². The predicted molar refractivity (Wildman–Crippen MR) is 103 cm³/mol. The van der Waals surface area contributed by atoms with Crippen LogP contribution in [0.15, 0.2) is 30.6 Å². The second-order valence-electron chi connectivity index (χ2n) is 6.16. The minimum Gasteiger partial charge on any atom is -0.393 e. The number of aryl methyl sites for hydroxylation is 1. The second kappa shape index (κ2) is 9.11. The van der Waals surface area contributed by atoms with Crippen LogP contribution in [0.2, 0.25) is 0 Å². The molecule has 0 aliphatic heterocycles. The van der Waals surface area contributed by atoms with E-state index >= 15 is 0 Å². The molecule has 0 fully saturated rings. The maximum Gasteiger partial charge on any atom is 0.159 e. The maximum atomic E-state index is 6.27. The number of nitrogens with one attached hydrogen (secondary N) is 1. The van der Waals surface area contributed by atoms with Gasteiger partial charge in [-0.1, -0.05) is 38.8 Å². The first-order chi connectivity index (χ1) is 11.7. The first-order valence-corrected chi connectivity index (χ1v) is 8.83. The van der Waals surface area contributed by atoms with Crippen LogP contribution in [0, 0.1) is 0 Å². The fourth-order valence-electron chi connectivity index (χ4n) is 2.56. The highest BCUT2D eigenvalue weighted by atomic mass is 15.2. The van der Waals surface area contributed by atoms with Crippen LogP contribution in [0.3, 0.4) is 0 Å². The third-order valence-corrected chi connectivity index (χ3v) is 4.11. The van der Waals surface area contributed by atoms with Crippen molar-refractivity contribution in [1.82, 2.24) is 9.97 Å². The van der Waals surface area contributed by atoms with Gasteiger partial charge in [-0.15, -0.1) is 0 Å². The summed E-state index contributed by atoms with van der Waals surface area (Å²) >= 11 is 0. The van der Waals surface area contributed by atoms with Crippen LogP contribution < -0.4 is 16.0 Å². The molecule has 0 bridgehead atoms. The van der Waals surface area contributed by atoms with Gasteiger partial charge in [-0.05, 0) is 37.0 Å². The standard InChI is InChI=1S/C19H29N5/c1-4-6-8-15-9-11-16(12-10-15)23-18-17(20)19(22-14-21-18)24(3)13-7-5-2/h9-12,14H,4-8,13,20H2,1-3H3,(H,21,22,23). The maximum absolute atomic E-state index is 6.27. The van der Waals surface area contributed by atoms with Gasteiger partial charge in [-0.3, -0.25) is 0 Å². The third-order valence-electron chi connectivity index (χ3n) is 4.11. The van der Waals surface area contributed by atoms with Crippen molar-refractivity contribution in [1.29, 1.82) is 0 Å². The molecule has 0 saturated heterocycles. The molecular formula is C19H29N5. The quantitative estimate of drug-likeness (QED) is 0.715. The molecule has 1 aromatic carbocycles. The number of hydrogen-bond acceptors (Lipinski definition) is 5. The fourth-order valence-corrected chi connectivity index (χ4v) is 2.56. The van der Waals surface area contributed by atoms with E-state index in [1.807, 2.05) is 7.05 Å². The van der Waals surface area contributed by atoms with E-state index in [1.54, 1.807) is 6.33 Å².